The zero-order valence-electron chi connectivity index (χ0n) is 39.1. The molecule has 0 aliphatic heterocycles. The first-order valence-electron chi connectivity index (χ1n) is 21.5. The molecule has 0 saturated heterocycles. The highest BCUT2D eigenvalue weighted by atomic mass is 19.4. The number of esters is 1. The van der Waals surface area contributed by atoms with Gasteiger partial charge in [0.1, 0.15) is 42.9 Å². The number of rotatable bonds is 30. The van der Waals surface area contributed by atoms with Crippen molar-refractivity contribution in [2.24, 2.45) is 45.7 Å². The van der Waals surface area contributed by atoms with E-state index in [2.05, 4.69) is 31.0 Å². The summed E-state index contributed by atoms with van der Waals surface area (Å²) in [5, 5.41) is 55.6. The Balaban J connectivity index is 6.35. The number of ether oxygens (including phenoxy) is 1. The predicted molar refractivity (Wildman–Crippen MR) is 234 cm³/mol. The molecule has 0 aliphatic carbocycles. The topological polar surface area (TPSA) is 461 Å². The molecule has 0 bridgehead atoms. The third kappa shape index (κ3) is 22.5. The van der Waals surface area contributed by atoms with Crippen molar-refractivity contribution in [2.45, 2.75) is 141 Å². The minimum Gasteiger partial charge on any atom is -0.480 e. The van der Waals surface area contributed by atoms with Crippen LogP contribution in [0, 0.1) is 17.8 Å². The number of amides is 8. The fourth-order valence-corrected chi connectivity index (χ4v) is 5.82. The Morgan fingerprint density at radius 1 is 0.681 bits per heavy atom. The Bertz CT molecular complexity index is 1840. The summed E-state index contributed by atoms with van der Waals surface area (Å²) in [6, 6.07) is -12.3. The lowest BCUT2D eigenvalue weighted by atomic mass is 9.96. The van der Waals surface area contributed by atoms with Gasteiger partial charge in [-0.2, -0.15) is 13.2 Å². The van der Waals surface area contributed by atoms with E-state index in [0.29, 0.717) is 0 Å². The third-order valence-electron chi connectivity index (χ3n) is 9.98. The number of aliphatic hydroxyl groups excluding tert-OH is 3. The minimum atomic E-state index is -5.55. The molecule has 69 heavy (non-hydrogen) atoms. The van der Waals surface area contributed by atoms with Crippen molar-refractivity contribution in [3.05, 3.63) is 0 Å². The van der Waals surface area contributed by atoms with Crippen LogP contribution in [0.1, 0.15) is 74.1 Å². The number of carbonyl (C=O) groups excluding carboxylic acids is 9. The third-order valence-corrected chi connectivity index (χ3v) is 9.98. The molecule has 394 valence electrons. The first-order chi connectivity index (χ1) is 31.8. The van der Waals surface area contributed by atoms with Gasteiger partial charge < -0.3 is 85.3 Å². The number of guanidine groups is 1. The van der Waals surface area contributed by atoms with Crippen molar-refractivity contribution in [3.63, 3.8) is 0 Å². The van der Waals surface area contributed by atoms with Crippen molar-refractivity contribution in [1.82, 2.24) is 37.2 Å². The number of hydrogen-bond donors (Lipinski definition) is 15. The molecule has 0 heterocycles. The number of carboxylic acid groups (broad SMARTS) is 1. The average Bonchev–Trinajstić information content (AvgIpc) is 3.25. The minimum absolute atomic E-state index is 0.00624. The van der Waals surface area contributed by atoms with Crippen molar-refractivity contribution >= 4 is 65.2 Å². The van der Waals surface area contributed by atoms with E-state index in [9.17, 15) is 81.5 Å². The van der Waals surface area contributed by atoms with Gasteiger partial charge in [0, 0.05) is 6.54 Å². The number of carbonyl (C=O) groups is 10. The van der Waals surface area contributed by atoms with Crippen LogP contribution < -0.4 is 60.2 Å². The zero-order valence-corrected chi connectivity index (χ0v) is 39.1. The largest absolute Gasteiger partial charge is 0.490 e. The van der Waals surface area contributed by atoms with E-state index < -0.39 is 151 Å². The molecule has 30 heteroatoms. The number of halogens is 3. The summed E-state index contributed by atoms with van der Waals surface area (Å²) in [5.41, 5.74) is 21.8. The second-order valence-electron chi connectivity index (χ2n) is 16.7. The van der Waals surface area contributed by atoms with E-state index in [1.54, 1.807) is 52.2 Å². The van der Waals surface area contributed by atoms with Crippen LogP contribution in [0.25, 0.3) is 0 Å². The summed E-state index contributed by atoms with van der Waals surface area (Å²) in [6.45, 7) is 8.30. The number of carboxylic acids is 1. The predicted octanol–water partition coefficient (Wildman–Crippen LogP) is -6.08. The second kappa shape index (κ2) is 29.5. The van der Waals surface area contributed by atoms with Crippen LogP contribution in [0.3, 0.4) is 0 Å². The van der Waals surface area contributed by atoms with E-state index in [-0.39, 0.29) is 44.1 Å². The Labute approximate surface area is 394 Å². The lowest BCUT2D eigenvalue weighted by Crippen LogP contribution is -2.62. The zero-order chi connectivity index (χ0) is 53.7. The molecule has 11 atom stereocenters. The number of aliphatic imine (C=N–C) groups is 1. The molecule has 0 aromatic carbocycles. The molecule has 0 spiro atoms. The second-order valence-corrected chi connectivity index (χ2v) is 16.7. The van der Waals surface area contributed by atoms with Gasteiger partial charge in [0.25, 0.3) is 0 Å². The average molecular weight is 1000 g/mol. The number of nitrogens with one attached hydrogen (secondary N) is 7. The van der Waals surface area contributed by atoms with E-state index in [0.717, 1.165) is 6.92 Å². The molecule has 0 rings (SSSR count). The monoisotopic (exact) mass is 1000 g/mol. The Hall–Kier alpha value is -6.40. The van der Waals surface area contributed by atoms with E-state index in [1.807, 2.05) is 5.32 Å². The highest BCUT2D eigenvalue weighted by molar-refractivity contribution is 5.98. The molecule has 0 aromatic heterocycles. The molecule has 27 nitrogen and oxygen atoms in total. The normalized spacial score (nSPS) is 16.2. The lowest BCUT2D eigenvalue weighted by molar-refractivity contribution is -0.200. The Kier molecular flexibility index (Phi) is 26.7. The van der Waals surface area contributed by atoms with Crippen molar-refractivity contribution < 1.29 is 86.3 Å². The quantitative estimate of drug-likeness (QED) is 0.0138. The summed E-state index contributed by atoms with van der Waals surface area (Å²) >= 11 is 0. The maximum absolute atomic E-state index is 14.0. The van der Waals surface area contributed by atoms with Crippen LogP contribution in [0.5, 0.6) is 0 Å². The number of nitrogens with zero attached hydrogens (tertiary/aromatic N) is 1. The first kappa shape index (κ1) is 62.6. The summed E-state index contributed by atoms with van der Waals surface area (Å²) in [7, 11) is 0. The number of primary amides is 1. The molecule has 0 fully saturated rings. The number of aliphatic carboxylic acids is 1. The van der Waals surface area contributed by atoms with E-state index in [1.165, 1.54) is 0 Å². The molecule has 0 aliphatic rings. The van der Waals surface area contributed by atoms with Gasteiger partial charge in [0.05, 0.1) is 18.8 Å². The summed E-state index contributed by atoms with van der Waals surface area (Å²) < 4.78 is 41.4. The van der Waals surface area contributed by atoms with Crippen molar-refractivity contribution in [3.8, 4) is 0 Å². The van der Waals surface area contributed by atoms with Crippen LogP contribution in [-0.2, 0) is 52.7 Å². The van der Waals surface area contributed by atoms with Crippen molar-refractivity contribution in [1.29, 1.82) is 0 Å². The fourth-order valence-electron chi connectivity index (χ4n) is 5.82. The molecule has 19 N–H and O–H groups in total. The SMILES string of the molecule is CC[C@H](C)[C@H](NC(=O)[C@@H](CCCN=C(N)N)NC(=O)[C@H](CC(C)C)NC(=O)[C@@H](N)[C@H](O)C(C)C)C(=O)N[C@H](C(=O)NCC(=O)N[C@H](C(=O)N[C@@H](COC(=O)C(F)(F)F)C(=O)O)[C@H](O)C(N)=O)[C@H](C)O. The van der Waals surface area contributed by atoms with Crippen LogP contribution >= 0.6 is 0 Å². The van der Waals surface area contributed by atoms with Gasteiger partial charge >= 0.3 is 18.1 Å². The number of nitrogens with two attached hydrogens (primary N) is 4. The summed E-state index contributed by atoms with van der Waals surface area (Å²) in [6.07, 6.45) is -10.8. The van der Waals surface area contributed by atoms with Gasteiger partial charge in [-0.15, -0.1) is 0 Å². The molecular weight excluding hydrogens is 933 g/mol. The van der Waals surface area contributed by atoms with Gasteiger partial charge in [0.15, 0.2) is 18.1 Å². The fraction of sp³-hybridized carbons (Fsp3) is 0.718. The van der Waals surface area contributed by atoms with E-state index >= 15 is 0 Å². The number of alkyl halides is 3. The van der Waals surface area contributed by atoms with Crippen LogP contribution in [0.2, 0.25) is 0 Å². The number of hydrogen-bond acceptors (Lipinski definition) is 16. The van der Waals surface area contributed by atoms with Crippen molar-refractivity contribution in [2.75, 3.05) is 19.7 Å². The Morgan fingerprint density at radius 2 is 1.20 bits per heavy atom. The maximum Gasteiger partial charge on any atom is 0.490 e. The van der Waals surface area contributed by atoms with Gasteiger partial charge in [-0.3, -0.25) is 43.3 Å². The first-order valence-corrected chi connectivity index (χ1v) is 21.5. The standard InChI is InChI=1S/C39H67F3N12O15/c1-8-17(6)24(53-30(60)19(10-9-11-47-38(45)46)49-31(61)20(12-15(2)3)50-32(62)23(43)27(57)16(4)5)34(64)54-25(18(7)55)33(63)48-13-22(56)52-26(28(58)29(44)59)35(65)51-21(36(66)67)14-69-37(68)39(40,41)42/h15-21,23-28,55,57-58H,8-14,43H2,1-7H3,(H2,44,59)(H,48,63)(H,49,61)(H,50,62)(H,51,65)(H,52,56)(H,53,60)(H,54,64)(H,66,67)(H4,45,46,47)/t17-,18-,19+,20-,21-,23-,24-,25-,26-,27+,28-/m0/s1. The van der Waals surface area contributed by atoms with Gasteiger partial charge in [-0.05, 0) is 43.9 Å². The summed E-state index contributed by atoms with van der Waals surface area (Å²) in [5.74, 6) is -16.1. The van der Waals surface area contributed by atoms with Crippen LogP contribution in [0.15, 0.2) is 4.99 Å². The molecule has 0 radical (unpaired) electrons. The molecular formula is C39H67F3N12O15. The van der Waals surface area contributed by atoms with Gasteiger partial charge in [-0.1, -0.05) is 48.0 Å². The molecule has 8 amide bonds. The number of aliphatic hydroxyl groups is 3. The van der Waals surface area contributed by atoms with Gasteiger partial charge in [0.2, 0.25) is 47.3 Å². The van der Waals surface area contributed by atoms with E-state index in [4.69, 9.17) is 22.9 Å². The Morgan fingerprint density at radius 3 is 1.68 bits per heavy atom. The highest BCUT2D eigenvalue weighted by Gasteiger charge is 2.43. The maximum atomic E-state index is 14.0. The molecule has 0 aromatic rings. The van der Waals surface area contributed by atoms with Crippen LogP contribution in [-0.4, -0.2) is 172 Å². The molecule has 0 unspecified atom stereocenters. The smallest absolute Gasteiger partial charge is 0.480 e. The highest BCUT2D eigenvalue weighted by Crippen LogP contribution is 2.17. The van der Waals surface area contributed by atoms with Gasteiger partial charge in [-0.25, -0.2) is 9.59 Å². The lowest BCUT2D eigenvalue weighted by Gasteiger charge is -2.30. The summed E-state index contributed by atoms with van der Waals surface area (Å²) in [4.78, 5) is 132. The van der Waals surface area contributed by atoms with Crippen LogP contribution in [0.4, 0.5) is 13.2 Å². The molecule has 0 saturated carbocycles.